The second-order valence-electron chi connectivity index (χ2n) is 10.3. The zero-order chi connectivity index (χ0) is 34.5. The van der Waals surface area contributed by atoms with Crippen molar-refractivity contribution in [2.75, 3.05) is 34.9 Å². The summed E-state index contributed by atoms with van der Waals surface area (Å²) in [6.45, 7) is 0. The number of aryl methyl sites for hydroxylation is 2. The molecular formula is C31H25ClF6N6O3. The van der Waals surface area contributed by atoms with Crippen LogP contribution in [0.25, 0.3) is 0 Å². The van der Waals surface area contributed by atoms with Crippen molar-refractivity contribution in [3.8, 4) is 0 Å². The molecule has 47 heavy (non-hydrogen) atoms. The van der Waals surface area contributed by atoms with Gasteiger partial charge in [-0.2, -0.15) is 31.3 Å². The van der Waals surface area contributed by atoms with Gasteiger partial charge in [-0.3, -0.25) is 14.4 Å². The first kappa shape index (κ1) is 34.7. The lowest BCUT2D eigenvalue weighted by atomic mass is 10.0. The van der Waals surface area contributed by atoms with E-state index in [0.717, 1.165) is 41.2 Å². The number of alkyl halides is 6. The maximum Gasteiger partial charge on any atom is 0.458 e. The molecule has 2 heterocycles. The number of carbonyl (C=O) groups is 3. The van der Waals surface area contributed by atoms with Crippen LogP contribution in [-0.4, -0.2) is 53.9 Å². The first-order chi connectivity index (χ1) is 22.0. The van der Waals surface area contributed by atoms with Gasteiger partial charge < -0.3 is 20.9 Å². The number of halogens is 7. The maximum absolute atomic E-state index is 13.0. The van der Waals surface area contributed by atoms with Crippen LogP contribution in [0.2, 0.25) is 5.02 Å². The molecule has 246 valence electrons. The fourth-order valence-corrected chi connectivity index (χ4v) is 4.37. The molecule has 0 unspecified atom stereocenters. The summed E-state index contributed by atoms with van der Waals surface area (Å²) in [5.41, 5.74) is 6.32. The number of anilines is 6. The number of aromatic nitrogens is 2. The van der Waals surface area contributed by atoms with Crippen LogP contribution in [0.1, 0.15) is 21.5 Å². The minimum absolute atomic E-state index is 0.148. The van der Waals surface area contributed by atoms with Gasteiger partial charge in [-0.1, -0.05) is 23.7 Å². The summed E-state index contributed by atoms with van der Waals surface area (Å²) in [4.78, 5) is 43.1. The van der Waals surface area contributed by atoms with Crippen molar-refractivity contribution in [2.45, 2.75) is 25.2 Å². The van der Waals surface area contributed by atoms with Crippen molar-refractivity contribution in [2.24, 2.45) is 0 Å². The minimum Gasteiger partial charge on any atom is -0.378 e. The molecule has 6 bridgehead atoms. The average Bonchev–Trinajstić information content (AvgIpc) is 3.01. The lowest BCUT2D eigenvalue weighted by molar-refractivity contribution is -0.193. The molecule has 4 aromatic rings. The number of Topliss-reactive ketones (excluding diaryl/α,β-unsaturated/α-hetero) is 2. The number of hydrogen-bond donors (Lipinski definition) is 3. The largest absolute Gasteiger partial charge is 0.458 e. The standard InChI is InChI=1S/C27H25ClN6O.C4F6O2/c1-34(2)22-11-8-18(9-12-22)26(35)32-24-13-10-21-15-19(24)7-6-17-4-3-5-20(14-17)31-27-29-16-23(28)25(30-21)33-27;5-3(6,7)1(11)2(12)4(8,9)10/h3-5,8-16H,6-7H2,1-2H3,(H,32,35)(H2,29,30,31,33);. The molecule has 0 atom stereocenters. The number of hydrogen-bond acceptors (Lipinski definition) is 8. The zero-order valence-corrected chi connectivity index (χ0v) is 25.3. The number of benzene rings is 3. The van der Waals surface area contributed by atoms with Crippen LogP contribution in [0.4, 0.5) is 60.9 Å². The van der Waals surface area contributed by atoms with Crippen LogP contribution < -0.4 is 20.9 Å². The zero-order valence-electron chi connectivity index (χ0n) is 24.6. The van der Waals surface area contributed by atoms with Crippen molar-refractivity contribution in [3.63, 3.8) is 0 Å². The van der Waals surface area contributed by atoms with Gasteiger partial charge >= 0.3 is 23.9 Å². The Hall–Kier alpha value is -5.18. The van der Waals surface area contributed by atoms with E-state index in [1.807, 2.05) is 73.6 Å². The Bertz CT molecular complexity index is 1770. The highest BCUT2D eigenvalue weighted by molar-refractivity contribution is 6.41. The number of nitrogens with zero attached hydrogens (tertiary/aromatic N) is 3. The summed E-state index contributed by atoms with van der Waals surface area (Å²) < 4.78 is 67.0. The quantitative estimate of drug-likeness (QED) is 0.152. The van der Waals surface area contributed by atoms with E-state index in [2.05, 4.69) is 38.1 Å². The van der Waals surface area contributed by atoms with Crippen LogP contribution in [0.3, 0.4) is 0 Å². The normalized spacial score (nSPS) is 12.4. The van der Waals surface area contributed by atoms with Crippen LogP contribution >= 0.6 is 11.6 Å². The summed E-state index contributed by atoms with van der Waals surface area (Å²) in [6.07, 6.45) is -8.43. The highest BCUT2D eigenvalue weighted by Gasteiger charge is 2.54. The van der Waals surface area contributed by atoms with E-state index in [-0.39, 0.29) is 5.91 Å². The van der Waals surface area contributed by atoms with Crippen LogP contribution in [0.5, 0.6) is 0 Å². The number of amides is 1. The van der Waals surface area contributed by atoms with Crippen LogP contribution in [0, 0.1) is 0 Å². The molecule has 0 saturated carbocycles. The fraction of sp³-hybridized carbons (Fsp3) is 0.194. The van der Waals surface area contributed by atoms with Gasteiger partial charge in [-0.05, 0) is 78.6 Å². The molecule has 0 radical (unpaired) electrons. The second-order valence-corrected chi connectivity index (χ2v) is 10.7. The molecule has 1 amide bonds. The lowest BCUT2D eigenvalue weighted by Gasteiger charge is -2.15. The first-order valence-corrected chi connectivity index (χ1v) is 14.0. The van der Waals surface area contributed by atoms with E-state index < -0.39 is 23.9 Å². The third-order valence-electron chi connectivity index (χ3n) is 6.59. The van der Waals surface area contributed by atoms with Crippen LogP contribution in [0.15, 0.2) is 72.9 Å². The van der Waals surface area contributed by atoms with E-state index in [0.29, 0.717) is 22.4 Å². The Morgan fingerprint density at radius 3 is 2.09 bits per heavy atom. The minimum atomic E-state index is -5.77. The molecular weight excluding hydrogens is 654 g/mol. The summed E-state index contributed by atoms with van der Waals surface area (Å²) in [5.74, 6) is -6.00. The van der Waals surface area contributed by atoms with Crippen molar-refractivity contribution >= 4 is 63.6 Å². The van der Waals surface area contributed by atoms with Gasteiger partial charge in [0.1, 0.15) is 5.02 Å². The number of fused-ring (bicyclic) bond motifs is 6. The molecule has 1 aromatic heterocycles. The number of rotatable bonds is 4. The molecule has 9 nitrogen and oxygen atoms in total. The highest BCUT2D eigenvalue weighted by atomic mass is 35.5. The van der Waals surface area contributed by atoms with Crippen molar-refractivity contribution in [1.82, 2.24) is 9.97 Å². The SMILES string of the molecule is CN(C)c1ccc(C(=O)Nc2ccc3cc2CCc2cccc(c2)Nc2ncc(Cl)c(n2)N3)cc1.O=C(C(=O)C(F)(F)F)C(F)(F)F. The van der Waals surface area contributed by atoms with Gasteiger partial charge in [0.2, 0.25) is 5.95 Å². The average molecular weight is 679 g/mol. The van der Waals surface area contributed by atoms with Crippen molar-refractivity contribution in [3.05, 3.63) is 94.6 Å². The number of carbonyl (C=O) groups excluding carboxylic acids is 3. The van der Waals surface area contributed by atoms with Gasteiger partial charge in [0.25, 0.3) is 5.91 Å². The first-order valence-electron chi connectivity index (χ1n) is 13.6. The molecule has 3 N–H and O–H groups in total. The fourth-order valence-electron chi connectivity index (χ4n) is 4.23. The van der Waals surface area contributed by atoms with Crippen molar-refractivity contribution < 1.29 is 40.7 Å². The predicted octanol–water partition coefficient (Wildman–Crippen LogP) is 7.28. The van der Waals surface area contributed by atoms with E-state index >= 15 is 0 Å². The van der Waals surface area contributed by atoms with E-state index in [1.54, 1.807) is 6.20 Å². The number of nitrogens with one attached hydrogen (secondary N) is 3. The molecule has 3 aromatic carbocycles. The third-order valence-corrected chi connectivity index (χ3v) is 6.87. The van der Waals surface area contributed by atoms with Gasteiger partial charge in [-0.15, -0.1) is 0 Å². The van der Waals surface area contributed by atoms with Gasteiger partial charge in [-0.25, -0.2) is 4.98 Å². The third kappa shape index (κ3) is 9.19. The Morgan fingerprint density at radius 1 is 0.830 bits per heavy atom. The lowest BCUT2D eigenvalue weighted by Crippen LogP contribution is -2.39. The second kappa shape index (κ2) is 14.1. The van der Waals surface area contributed by atoms with E-state index in [4.69, 9.17) is 11.6 Å². The van der Waals surface area contributed by atoms with Gasteiger partial charge in [0, 0.05) is 42.4 Å². The topological polar surface area (TPSA) is 116 Å². The monoisotopic (exact) mass is 678 g/mol. The van der Waals surface area contributed by atoms with Gasteiger partial charge in [0.05, 0.1) is 6.20 Å². The molecule has 0 aliphatic carbocycles. The Labute approximate surface area is 269 Å². The Balaban J connectivity index is 0.000000356. The summed E-state index contributed by atoms with van der Waals surface area (Å²) in [7, 11) is 3.94. The molecule has 1 aliphatic heterocycles. The van der Waals surface area contributed by atoms with Gasteiger partial charge in [0.15, 0.2) is 5.82 Å². The summed E-state index contributed by atoms with van der Waals surface area (Å²) in [5, 5.41) is 10.0. The molecule has 0 saturated heterocycles. The highest BCUT2D eigenvalue weighted by Crippen LogP contribution is 2.30. The van der Waals surface area contributed by atoms with Crippen molar-refractivity contribution in [1.29, 1.82) is 0 Å². The number of ketones is 2. The predicted molar refractivity (Wildman–Crippen MR) is 165 cm³/mol. The molecule has 0 spiro atoms. The maximum atomic E-state index is 13.0. The Kier molecular flexibility index (Phi) is 10.4. The molecule has 16 heteroatoms. The van der Waals surface area contributed by atoms with E-state index in [1.165, 1.54) is 5.56 Å². The van der Waals surface area contributed by atoms with Crippen LogP contribution in [-0.2, 0) is 22.4 Å². The van der Waals surface area contributed by atoms with E-state index in [9.17, 15) is 40.7 Å². The summed E-state index contributed by atoms with van der Waals surface area (Å²) >= 11 is 6.36. The molecule has 1 aliphatic rings. The summed E-state index contributed by atoms with van der Waals surface area (Å²) in [6, 6.07) is 21.5. The Morgan fingerprint density at radius 2 is 1.47 bits per heavy atom. The smallest absolute Gasteiger partial charge is 0.378 e. The molecule has 0 fully saturated rings. The molecule has 5 rings (SSSR count).